The van der Waals surface area contributed by atoms with Crippen LogP contribution in [0.25, 0.3) is 16.0 Å². The van der Waals surface area contributed by atoms with Crippen LogP contribution in [0.4, 0.5) is 0 Å². The number of ether oxygens (including phenoxy) is 1. The van der Waals surface area contributed by atoms with Crippen molar-refractivity contribution in [3.63, 3.8) is 0 Å². The summed E-state index contributed by atoms with van der Waals surface area (Å²) in [6, 6.07) is 7.19. The van der Waals surface area contributed by atoms with Crippen molar-refractivity contribution < 1.29 is 9.53 Å². The number of rotatable bonds is 5. The summed E-state index contributed by atoms with van der Waals surface area (Å²) >= 11 is 14.1. The maximum absolute atomic E-state index is 12.9. The highest BCUT2D eigenvalue weighted by Crippen LogP contribution is 2.37. The highest BCUT2D eigenvalue weighted by atomic mass is 35.5. The molecule has 0 bridgehead atoms. The van der Waals surface area contributed by atoms with E-state index in [1.54, 1.807) is 12.3 Å². The van der Waals surface area contributed by atoms with Gasteiger partial charge < -0.3 is 4.74 Å². The quantitative estimate of drug-likeness (QED) is 0.354. The molecule has 0 spiro atoms. The van der Waals surface area contributed by atoms with Gasteiger partial charge in [-0.15, -0.1) is 11.3 Å². The topological polar surface area (TPSA) is 57.0 Å². The molecule has 0 aliphatic heterocycles. The minimum Gasteiger partial charge on any atom is -0.482 e. The summed E-state index contributed by atoms with van der Waals surface area (Å²) in [7, 11) is 0. The summed E-state index contributed by atoms with van der Waals surface area (Å²) in [5.74, 6) is 0.213. The third kappa shape index (κ3) is 3.64. The van der Waals surface area contributed by atoms with Crippen LogP contribution in [0.5, 0.6) is 5.75 Å². The van der Waals surface area contributed by atoms with Gasteiger partial charge in [0.05, 0.1) is 10.0 Å². The van der Waals surface area contributed by atoms with E-state index in [1.165, 1.54) is 11.3 Å². The number of ketones is 1. The summed E-state index contributed by atoms with van der Waals surface area (Å²) in [5.41, 5.74) is 3.71. The van der Waals surface area contributed by atoms with E-state index in [1.807, 2.05) is 48.9 Å². The second-order valence-electron chi connectivity index (χ2n) is 6.66. The van der Waals surface area contributed by atoms with E-state index in [2.05, 4.69) is 9.97 Å². The summed E-state index contributed by atoms with van der Waals surface area (Å²) < 4.78 is 7.81. The minimum atomic E-state index is -0.158. The average Bonchev–Trinajstić information content (AvgIpc) is 3.28. The third-order valence-electron chi connectivity index (χ3n) is 4.67. The molecule has 3 heterocycles. The number of carbonyl (C=O) groups excluding carboxylic acids is 1. The van der Waals surface area contributed by atoms with Gasteiger partial charge in [-0.1, -0.05) is 23.2 Å². The lowest BCUT2D eigenvalue weighted by molar-refractivity contribution is 0.0922. The standard InChI is InChI=1S/C21H17Cl2N3O2S/c1-11-4-5-14-16(22)9-17(23)20(19(14)25-11)28-10-18(27)15-8-12(2)26(13(15)3)21-24-6-7-29-21/h4-9H,10H2,1-3H3. The number of Topliss-reactive ketones (excluding diaryl/α,β-unsaturated/α-hetero) is 1. The molecular weight excluding hydrogens is 429 g/mol. The predicted octanol–water partition coefficient (Wildman–Crippen LogP) is 5.98. The molecule has 0 amide bonds. The molecule has 0 aliphatic rings. The van der Waals surface area contributed by atoms with Crippen LogP contribution in [0.2, 0.25) is 10.0 Å². The maximum atomic E-state index is 12.9. The minimum absolute atomic E-state index is 0.146. The van der Waals surface area contributed by atoms with Crippen LogP contribution in [0, 0.1) is 20.8 Å². The Morgan fingerprint density at radius 1 is 1.17 bits per heavy atom. The van der Waals surface area contributed by atoms with Crippen LogP contribution < -0.4 is 4.74 Å². The summed E-state index contributed by atoms with van der Waals surface area (Å²) in [6.07, 6.45) is 1.74. The van der Waals surface area contributed by atoms with Crippen molar-refractivity contribution in [2.75, 3.05) is 6.61 Å². The number of halogens is 2. The van der Waals surface area contributed by atoms with Gasteiger partial charge in [0.1, 0.15) is 5.52 Å². The second kappa shape index (κ2) is 7.78. The first kappa shape index (κ1) is 19.9. The number of fused-ring (bicyclic) bond motifs is 1. The molecule has 0 saturated heterocycles. The fourth-order valence-corrected chi connectivity index (χ4v) is 4.63. The highest BCUT2D eigenvalue weighted by Gasteiger charge is 2.20. The van der Waals surface area contributed by atoms with Crippen LogP contribution in [0.1, 0.15) is 27.4 Å². The van der Waals surface area contributed by atoms with Gasteiger partial charge >= 0.3 is 0 Å². The monoisotopic (exact) mass is 445 g/mol. The smallest absolute Gasteiger partial charge is 0.202 e. The number of carbonyl (C=O) groups is 1. The van der Waals surface area contributed by atoms with Crippen molar-refractivity contribution in [2.45, 2.75) is 20.8 Å². The molecule has 8 heteroatoms. The zero-order valence-electron chi connectivity index (χ0n) is 16.0. The SMILES string of the molecule is Cc1ccc2c(Cl)cc(Cl)c(OCC(=O)c3cc(C)n(-c4nccs4)c3C)c2n1. The number of hydrogen-bond donors (Lipinski definition) is 0. The number of aryl methyl sites for hydroxylation is 2. The van der Waals surface area contributed by atoms with Crippen molar-refractivity contribution in [3.8, 4) is 10.9 Å². The number of nitrogens with zero attached hydrogens (tertiary/aromatic N) is 3. The molecule has 4 aromatic rings. The zero-order valence-corrected chi connectivity index (χ0v) is 18.3. The number of hydrogen-bond acceptors (Lipinski definition) is 5. The molecule has 1 aromatic carbocycles. The first-order chi connectivity index (χ1) is 13.9. The maximum Gasteiger partial charge on any atom is 0.202 e. The Bertz CT molecular complexity index is 1230. The van der Waals surface area contributed by atoms with Gasteiger partial charge in [-0.25, -0.2) is 9.97 Å². The van der Waals surface area contributed by atoms with Crippen molar-refractivity contribution >= 4 is 51.2 Å². The number of benzene rings is 1. The largest absolute Gasteiger partial charge is 0.482 e. The molecule has 0 fully saturated rings. The van der Waals surface area contributed by atoms with E-state index < -0.39 is 0 Å². The second-order valence-corrected chi connectivity index (χ2v) is 8.35. The molecule has 29 heavy (non-hydrogen) atoms. The van der Waals surface area contributed by atoms with E-state index in [0.717, 1.165) is 27.6 Å². The van der Waals surface area contributed by atoms with Crippen molar-refractivity contribution in [1.29, 1.82) is 0 Å². The Kier molecular flexibility index (Phi) is 5.34. The molecule has 0 N–H and O–H groups in total. The molecule has 5 nitrogen and oxygen atoms in total. The van der Waals surface area contributed by atoms with Crippen molar-refractivity contribution in [3.05, 3.63) is 68.5 Å². The Balaban J connectivity index is 1.65. The molecule has 148 valence electrons. The Morgan fingerprint density at radius 3 is 2.69 bits per heavy atom. The molecule has 0 saturated carbocycles. The van der Waals surface area contributed by atoms with Crippen LogP contribution in [-0.4, -0.2) is 26.9 Å². The van der Waals surface area contributed by atoms with Crippen LogP contribution >= 0.6 is 34.5 Å². The van der Waals surface area contributed by atoms with Gasteiger partial charge in [0.15, 0.2) is 17.5 Å². The average molecular weight is 446 g/mol. The Labute approximate surface area is 181 Å². The third-order valence-corrected chi connectivity index (χ3v) is 6.02. The van der Waals surface area contributed by atoms with Crippen LogP contribution in [0.3, 0.4) is 0 Å². The molecule has 4 rings (SSSR count). The van der Waals surface area contributed by atoms with Gasteiger partial charge in [0.25, 0.3) is 0 Å². The van der Waals surface area contributed by atoms with Gasteiger partial charge in [0, 0.05) is 39.6 Å². The van der Waals surface area contributed by atoms with Crippen molar-refractivity contribution in [2.24, 2.45) is 0 Å². The van der Waals surface area contributed by atoms with Crippen LogP contribution in [-0.2, 0) is 0 Å². The zero-order chi connectivity index (χ0) is 20.7. The van der Waals surface area contributed by atoms with E-state index in [4.69, 9.17) is 27.9 Å². The fourth-order valence-electron chi connectivity index (χ4n) is 3.31. The summed E-state index contributed by atoms with van der Waals surface area (Å²) in [5, 5.41) is 4.27. The molecule has 0 atom stereocenters. The van der Waals surface area contributed by atoms with Gasteiger partial charge in [-0.3, -0.25) is 9.36 Å². The van der Waals surface area contributed by atoms with E-state index in [-0.39, 0.29) is 12.4 Å². The number of pyridine rings is 1. The van der Waals surface area contributed by atoms with E-state index in [0.29, 0.717) is 26.9 Å². The number of thiazole rings is 1. The number of aromatic nitrogens is 3. The summed E-state index contributed by atoms with van der Waals surface area (Å²) in [6.45, 7) is 5.56. The van der Waals surface area contributed by atoms with Crippen LogP contribution in [0.15, 0.2) is 35.8 Å². The summed E-state index contributed by atoms with van der Waals surface area (Å²) in [4.78, 5) is 21.7. The lowest BCUT2D eigenvalue weighted by Gasteiger charge is -2.12. The molecule has 0 unspecified atom stereocenters. The molecule has 3 aromatic heterocycles. The molecule has 0 aliphatic carbocycles. The van der Waals surface area contributed by atoms with E-state index >= 15 is 0 Å². The molecular formula is C21H17Cl2N3O2S. The van der Waals surface area contributed by atoms with Crippen molar-refractivity contribution in [1.82, 2.24) is 14.5 Å². The fraction of sp³-hybridized carbons (Fsp3) is 0.190. The Hall–Kier alpha value is -2.41. The predicted molar refractivity (Wildman–Crippen MR) is 117 cm³/mol. The first-order valence-corrected chi connectivity index (χ1v) is 10.5. The lowest BCUT2D eigenvalue weighted by atomic mass is 10.1. The van der Waals surface area contributed by atoms with E-state index in [9.17, 15) is 4.79 Å². The normalized spacial score (nSPS) is 11.2. The van der Waals surface area contributed by atoms with Gasteiger partial charge in [0.2, 0.25) is 5.78 Å². The highest BCUT2D eigenvalue weighted by molar-refractivity contribution is 7.12. The molecule has 0 radical (unpaired) electrons. The first-order valence-electron chi connectivity index (χ1n) is 8.87. The lowest BCUT2D eigenvalue weighted by Crippen LogP contribution is -2.13. The van der Waals surface area contributed by atoms with Gasteiger partial charge in [-0.05, 0) is 45.0 Å². The Morgan fingerprint density at radius 2 is 1.97 bits per heavy atom. The van der Waals surface area contributed by atoms with Gasteiger partial charge in [-0.2, -0.15) is 0 Å².